The SMILES string of the molecule is CC/C=C\C/C=C\C/C=C\C/C=C\CCCCCCCCCCCCCCCCCCCCCCCCC(=O)NC(CO)C(O)/C=C/CC/C=C/CC/C=C/CCC. The molecule has 0 aromatic heterocycles. The van der Waals surface area contributed by atoms with E-state index in [4.69, 9.17) is 0 Å². The summed E-state index contributed by atoms with van der Waals surface area (Å²) in [4.78, 5) is 12.4. The van der Waals surface area contributed by atoms with Gasteiger partial charge in [0.25, 0.3) is 0 Å². The van der Waals surface area contributed by atoms with Gasteiger partial charge in [-0.25, -0.2) is 0 Å². The molecule has 1 amide bonds. The van der Waals surface area contributed by atoms with E-state index in [0.717, 1.165) is 70.6 Å². The second-order valence-electron chi connectivity index (χ2n) is 16.5. The van der Waals surface area contributed by atoms with Crippen molar-refractivity contribution in [3.63, 3.8) is 0 Å². The minimum Gasteiger partial charge on any atom is -0.394 e. The molecule has 0 aromatic carbocycles. The lowest BCUT2D eigenvalue weighted by molar-refractivity contribution is -0.123. The summed E-state index contributed by atoms with van der Waals surface area (Å²) in [6, 6.07) is -0.645. The summed E-state index contributed by atoms with van der Waals surface area (Å²) >= 11 is 0. The van der Waals surface area contributed by atoms with E-state index in [1.807, 2.05) is 6.08 Å². The van der Waals surface area contributed by atoms with Gasteiger partial charge in [-0.1, -0.05) is 234 Å². The topological polar surface area (TPSA) is 69.6 Å². The molecule has 3 N–H and O–H groups in total. The van der Waals surface area contributed by atoms with Gasteiger partial charge in [-0.2, -0.15) is 0 Å². The van der Waals surface area contributed by atoms with Crippen LogP contribution in [0.25, 0.3) is 0 Å². The Morgan fingerprint density at radius 3 is 1.19 bits per heavy atom. The van der Waals surface area contributed by atoms with Crippen molar-refractivity contribution in [1.82, 2.24) is 5.32 Å². The molecule has 0 radical (unpaired) electrons. The van der Waals surface area contributed by atoms with Gasteiger partial charge < -0.3 is 15.5 Å². The summed E-state index contributed by atoms with van der Waals surface area (Å²) in [5, 5.41) is 22.9. The number of carbonyl (C=O) groups excluding carboxylic acids is 1. The van der Waals surface area contributed by atoms with Crippen molar-refractivity contribution in [2.24, 2.45) is 0 Å². The number of carbonyl (C=O) groups is 1. The van der Waals surface area contributed by atoms with Gasteiger partial charge in [-0.15, -0.1) is 0 Å². The van der Waals surface area contributed by atoms with Crippen LogP contribution in [0.15, 0.2) is 85.1 Å². The largest absolute Gasteiger partial charge is 0.394 e. The van der Waals surface area contributed by atoms with Gasteiger partial charge in [-0.05, 0) is 77.0 Å². The van der Waals surface area contributed by atoms with Crippen molar-refractivity contribution in [3.8, 4) is 0 Å². The molecule has 0 spiro atoms. The van der Waals surface area contributed by atoms with Crippen LogP contribution in [0.1, 0.15) is 232 Å². The maximum atomic E-state index is 12.4. The maximum Gasteiger partial charge on any atom is 0.220 e. The Balaban J connectivity index is 3.45. The zero-order valence-corrected chi connectivity index (χ0v) is 38.3. The zero-order valence-electron chi connectivity index (χ0n) is 38.3. The van der Waals surface area contributed by atoms with Crippen LogP contribution in [0, 0.1) is 0 Å². The average Bonchev–Trinajstić information content (AvgIpc) is 3.23. The highest BCUT2D eigenvalue weighted by atomic mass is 16.3. The fourth-order valence-corrected chi connectivity index (χ4v) is 7.09. The van der Waals surface area contributed by atoms with Gasteiger partial charge in [0.1, 0.15) is 0 Å². The first kappa shape index (κ1) is 55.6. The number of aliphatic hydroxyl groups excluding tert-OH is 2. The summed E-state index contributed by atoms with van der Waals surface area (Å²) in [6.45, 7) is 4.10. The molecule has 0 fully saturated rings. The van der Waals surface area contributed by atoms with Gasteiger partial charge in [0, 0.05) is 6.42 Å². The van der Waals surface area contributed by atoms with Crippen molar-refractivity contribution in [1.29, 1.82) is 0 Å². The number of rotatable bonds is 44. The molecule has 4 heteroatoms. The van der Waals surface area contributed by atoms with E-state index >= 15 is 0 Å². The second kappa shape index (κ2) is 48.9. The summed E-state index contributed by atoms with van der Waals surface area (Å²) in [5.41, 5.74) is 0. The number of hydrogen-bond donors (Lipinski definition) is 3. The van der Waals surface area contributed by atoms with Gasteiger partial charge >= 0.3 is 0 Å². The quantitative estimate of drug-likeness (QED) is 0.0424. The van der Waals surface area contributed by atoms with Gasteiger partial charge in [-0.3, -0.25) is 4.79 Å². The number of aliphatic hydroxyl groups is 2. The highest BCUT2D eigenvalue weighted by Gasteiger charge is 2.17. The molecule has 2 atom stereocenters. The van der Waals surface area contributed by atoms with Crippen LogP contribution in [0.2, 0.25) is 0 Å². The number of nitrogens with one attached hydrogen (secondary N) is 1. The van der Waals surface area contributed by atoms with Crippen LogP contribution >= 0.6 is 0 Å². The standard InChI is InChI=1S/C54H95NO3/c1-3-5-7-9-11-13-15-16-17-18-19-20-21-22-23-24-25-26-27-28-29-30-31-32-33-34-35-36-37-38-40-42-44-46-48-50-54(58)55-52(51-56)53(57)49-47-45-43-41-39-14-12-10-8-6-4-2/h5,7-8,10-11,13,16-17,19-20,39,41,47,49,52-53,56-57H,3-4,6,9,12,14-15,18,21-38,40,42-46,48,50-51H2,1-2H3,(H,55,58)/b7-5-,10-8+,13-11-,17-16-,20-19-,41-39+,49-47+. The Bertz CT molecular complexity index is 1050. The van der Waals surface area contributed by atoms with E-state index in [9.17, 15) is 15.0 Å². The molecule has 0 aliphatic carbocycles. The molecule has 334 valence electrons. The number of unbranched alkanes of at least 4 members (excludes halogenated alkanes) is 25. The molecule has 0 aromatic rings. The van der Waals surface area contributed by atoms with Gasteiger partial charge in [0.2, 0.25) is 5.91 Å². The fraction of sp³-hybridized carbons (Fsp3) is 0.722. The monoisotopic (exact) mass is 806 g/mol. The normalized spacial score (nSPS) is 13.7. The summed E-state index contributed by atoms with van der Waals surface area (Å²) in [6.07, 6.45) is 71.7. The van der Waals surface area contributed by atoms with Crippen LogP contribution in [0.4, 0.5) is 0 Å². The van der Waals surface area contributed by atoms with Crippen molar-refractivity contribution < 1.29 is 15.0 Å². The molecule has 0 saturated carbocycles. The predicted molar refractivity (Wildman–Crippen MR) is 257 cm³/mol. The summed E-state index contributed by atoms with van der Waals surface area (Å²) in [7, 11) is 0. The minimum atomic E-state index is -0.870. The van der Waals surface area contributed by atoms with Crippen LogP contribution in [-0.4, -0.2) is 34.9 Å². The highest BCUT2D eigenvalue weighted by Crippen LogP contribution is 2.16. The zero-order chi connectivity index (χ0) is 42.1. The third-order valence-corrected chi connectivity index (χ3v) is 10.8. The molecular formula is C54H95NO3. The third-order valence-electron chi connectivity index (χ3n) is 10.8. The molecule has 0 saturated heterocycles. The first-order chi connectivity index (χ1) is 28.7. The third kappa shape index (κ3) is 44.7. The molecule has 58 heavy (non-hydrogen) atoms. The lowest BCUT2D eigenvalue weighted by Crippen LogP contribution is -2.45. The van der Waals surface area contributed by atoms with Crippen LogP contribution in [0.3, 0.4) is 0 Å². The van der Waals surface area contributed by atoms with Crippen molar-refractivity contribution in [3.05, 3.63) is 85.1 Å². The van der Waals surface area contributed by atoms with Crippen molar-refractivity contribution in [2.45, 2.75) is 244 Å². The Morgan fingerprint density at radius 1 is 0.431 bits per heavy atom. The lowest BCUT2D eigenvalue weighted by Gasteiger charge is -2.19. The van der Waals surface area contributed by atoms with Crippen molar-refractivity contribution in [2.75, 3.05) is 6.61 Å². The average molecular weight is 806 g/mol. The van der Waals surface area contributed by atoms with E-state index < -0.39 is 12.1 Å². The van der Waals surface area contributed by atoms with Gasteiger partial charge in [0.15, 0.2) is 0 Å². The Kier molecular flexibility index (Phi) is 46.9. The lowest BCUT2D eigenvalue weighted by atomic mass is 10.0. The molecular weight excluding hydrogens is 711 g/mol. The molecule has 2 unspecified atom stereocenters. The fourth-order valence-electron chi connectivity index (χ4n) is 7.09. The van der Waals surface area contributed by atoms with Crippen LogP contribution in [0.5, 0.6) is 0 Å². The number of allylic oxidation sites excluding steroid dienone is 13. The Hall–Kier alpha value is -2.43. The van der Waals surface area contributed by atoms with E-state index in [2.05, 4.69) is 92.1 Å². The molecule has 0 aliphatic rings. The van der Waals surface area contributed by atoms with Crippen molar-refractivity contribution >= 4 is 5.91 Å². The van der Waals surface area contributed by atoms with E-state index in [0.29, 0.717) is 6.42 Å². The van der Waals surface area contributed by atoms with E-state index in [-0.39, 0.29) is 12.5 Å². The van der Waals surface area contributed by atoms with Crippen LogP contribution in [-0.2, 0) is 4.79 Å². The smallest absolute Gasteiger partial charge is 0.220 e. The minimum absolute atomic E-state index is 0.0798. The first-order valence-electron chi connectivity index (χ1n) is 24.8. The molecule has 0 aliphatic heterocycles. The Morgan fingerprint density at radius 2 is 0.776 bits per heavy atom. The summed E-state index contributed by atoms with van der Waals surface area (Å²) in [5.74, 6) is -0.0798. The van der Waals surface area contributed by atoms with Gasteiger partial charge in [0.05, 0.1) is 18.8 Å². The molecule has 0 rings (SSSR count). The number of hydrogen-bond acceptors (Lipinski definition) is 3. The summed E-state index contributed by atoms with van der Waals surface area (Å²) < 4.78 is 0. The Labute approximate surface area is 361 Å². The molecule has 0 bridgehead atoms. The molecule has 0 heterocycles. The van der Waals surface area contributed by atoms with Crippen LogP contribution < -0.4 is 5.32 Å². The second-order valence-corrected chi connectivity index (χ2v) is 16.5. The molecule has 4 nitrogen and oxygen atoms in total. The number of amides is 1. The van der Waals surface area contributed by atoms with E-state index in [1.54, 1.807) is 6.08 Å². The van der Waals surface area contributed by atoms with E-state index in [1.165, 1.54) is 141 Å². The predicted octanol–water partition coefficient (Wildman–Crippen LogP) is 16.0. The maximum absolute atomic E-state index is 12.4. The highest BCUT2D eigenvalue weighted by molar-refractivity contribution is 5.76. The first-order valence-corrected chi connectivity index (χ1v) is 24.8.